The van der Waals surface area contributed by atoms with Gasteiger partial charge in [0.2, 0.25) is 15.5 Å². The van der Waals surface area contributed by atoms with E-state index in [9.17, 15) is 41.7 Å². The van der Waals surface area contributed by atoms with Crippen molar-refractivity contribution >= 4 is 32.3 Å². The number of esters is 2. The SMILES string of the molecule is COC(=O)[C@@H]1C[C@@H](OS(N)(=O)=O)CN1S(=O)(=O)[C@@H]1O[C@@H](COC(C)=O)[C@@H](O)[C@@H](O)[C@H]1O. The van der Waals surface area contributed by atoms with Gasteiger partial charge in [0.1, 0.15) is 37.1 Å². The minimum absolute atomic E-state index is 0.437. The second kappa shape index (κ2) is 9.59. The van der Waals surface area contributed by atoms with Crippen molar-refractivity contribution in [3.8, 4) is 0 Å². The van der Waals surface area contributed by atoms with E-state index in [-0.39, 0.29) is 0 Å². The van der Waals surface area contributed by atoms with Crippen LogP contribution in [0.25, 0.3) is 0 Å². The maximum atomic E-state index is 13.2. The van der Waals surface area contributed by atoms with Crippen molar-refractivity contribution < 1.29 is 60.1 Å². The van der Waals surface area contributed by atoms with Gasteiger partial charge in [0.25, 0.3) is 0 Å². The molecule has 7 atom stereocenters. The molecule has 2 fully saturated rings. The molecule has 0 bridgehead atoms. The summed E-state index contributed by atoms with van der Waals surface area (Å²) in [6.45, 7) is -0.256. The molecule has 2 aliphatic heterocycles. The van der Waals surface area contributed by atoms with E-state index in [0.29, 0.717) is 4.31 Å². The molecule has 2 rings (SSSR count). The lowest BCUT2D eigenvalue weighted by Crippen LogP contribution is -2.63. The number of aliphatic hydroxyl groups is 3. The summed E-state index contributed by atoms with van der Waals surface area (Å²) in [5.74, 6) is -1.82. The molecule has 180 valence electrons. The van der Waals surface area contributed by atoms with Crippen LogP contribution < -0.4 is 5.14 Å². The van der Waals surface area contributed by atoms with E-state index < -0.39 is 93.8 Å². The predicted molar refractivity (Wildman–Crippen MR) is 97.3 cm³/mol. The van der Waals surface area contributed by atoms with Gasteiger partial charge in [-0.3, -0.25) is 13.8 Å². The number of hydrogen-bond acceptors (Lipinski definition) is 13. The molecule has 0 aromatic rings. The van der Waals surface area contributed by atoms with Crippen LogP contribution >= 0.6 is 0 Å². The number of carbonyl (C=O) groups excluding carboxylic acids is 2. The smallest absolute Gasteiger partial charge is 0.333 e. The number of rotatable bonds is 7. The monoisotopic (exact) mass is 492 g/mol. The Kier molecular flexibility index (Phi) is 7.99. The van der Waals surface area contributed by atoms with Crippen molar-refractivity contribution in [1.29, 1.82) is 0 Å². The van der Waals surface area contributed by atoms with Crippen molar-refractivity contribution in [2.24, 2.45) is 5.14 Å². The lowest BCUT2D eigenvalue weighted by atomic mass is 10.0. The molecule has 0 saturated carbocycles. The van der Waals surface area contributed by atoms with E-state index in [2.05, 4.69) is 13.7 Å². The highest BCUT2D eigenvalue weighted by atomic mass is 32.2. The number of sulfonamides is 1. The third-order valence-corrected chi connectivity index (χ3v) is 7.28. The molecule has 5 N–H and O–H groups in total. The highest BCUT2D eigenvalue weighted by Gasteiger charge is 2.55. The third kappa shape index (κ3) is 5.88. The number of methoxy groups -OCH3 is 1. The molecule has 15 nitrogen and oxygen atoms in total. The first kappa shape index (κ1) is 25.8. The topological polar surface area (TPSA) is 229 Å². The Bertz CT molecular complexity index is 892. The maximum absolute atomic E-state index is 13.2. The normalized spacial score (nSPS) is 35.0. The molecule has 31 heavy (non-hydrogen) atoms. The minimum atomic E-state index is -4.80. The Hall–Kier alpha value is -1.44. The Labute approximate surface area is 177 Å². The largest absolute Gasteiger partial charge is 0.468 e. The first-order valence-corrected chi connectivity index (χ1v) is 11.8. The number of hydrogen-bond donors (Lipinski definition) is 4. The Morgan fingerprint density at radius 3 is 2.26 bits per heavy atom. The second-order valence-corrected chi connectivity index (χ2v) is 10.1. The zero-order chi connectivity index (χ0) is 23.7. The van der Waals surface area contributed by atoms with E-state index >= 15 is 0 Å². The lowest BCUT2D eigenvalue weighted by molar-refractivity contribution is -0.212. The van der Waals surface area contributed by atoms with Gasteiger partial charge in [-0.1, -0.05) is 0 Å². The number of nitrogens with two attached hydrogens (primary N) is 1. The summed E-state index contributed by atoms with van der Waals surface area (Å²) < 4.78 is 68.2. The predicted octanol–water partition coefficient (Wildman–Crippen LogP) is -4.48. The Morgan fingerprint density at radius 2 is 1.74 bits per heavy atom. The zero-order valence-corrected chi connectivity index (χ0v) is 18.1. The van der Waals surface area contributed by atoms with Crippen LogP contribution in [0, 0.1) is 0 Å². The van der Waals surface area contributed by atoms with E-state index in [1.807, 2.05) is 0 Å². The molecular weight excluding hydrogens is 468 g/mol. The van der Waals surface area contributed by atoms with Crippen LogP contribution in [0.5, 0.6) is 0 Å². The fourth-order valence-electron chi connectivity index (χ4n) is 3.29. The molecule has 17 heteroatoms. The van der Waals surface area contributed by atoms with E-state index in [4.69, 9.17) is 9.88 Å². The van der Waals surface area contributed by atoms with E-state index in [1.165, 1.54) is 0 Å². The summed E-state index contributed by atoms with van der Waals surface area (Å²) in [4.78, 5) is 23.1. The van der Waals surface area contributed by atoms with Crippen molar-refractivity contribution in [3.63, 3.8) is 0 Å². The van der Waals surface area contributed by atoms with Gasteiger partial charge < -0.3 is 29.5 Å². The quantitative estimate of drug-likeness (QED) is 0.246. The molecule has 0 aliphatic carbocycles. The fraction of sp³-hybridized carbons (Fsp3) is 0.857. The zero-order valence-electron chi connectivity index (χ0n) is 16.4. The van der Waals surface area contributed by atoms with Crippen molar-refractivity contribution in [2.45, 2.75) is 55.3 Å². The maximum Gasteiger partial charge on any atom is 0.333 e. The lowest BCUT2D eigenvalue weighted by Gasteiger charge is -2.41. The molecule has 2 saturated heterocycles. The summed E-state index contributed by atoms with van der Waals surface area (Å²) in [5, 5.41) is 35.1. The van der Waals surface area contributed by atoms with Crippen LogP contribution in [0.2, 0.25) is 0 Å². The summed E-state index contributed by atoms with van der Waals surface area (Å²) >= 11 is 0. The van der Waals surface area contributed by atoms with Crippen LogP contribution in [-0.4, -0.2) is 111 Å². The molecule has 0 radical (unpaired) electrons. The van der Waals surface area contributed by atoms with Gasteiger partial charge in [-0.25, -0.2) is 13.6 Å². The van der Waals surface area contributed by atoms with Crippen LogP contribution in [0.4, 0.5) is 0 Å². The Morgan fingerprint density at radius 1 is 1.13 bits per heavy atom. The molecule has 2 aliphatic rings. The minimum Gasteiger partial charge on any atom is -0.468 e. The van der Waals surface area contributed by atoms with Crippen LogP contribution in [-0.2, 0) is 48.3 Å². The first-order valence-electron chi connectivity index (χ1n) is 8.81. The molecule has 0 spiro atoms. The molecule has 0 aromatic heterocycles. The average Bonchev–Trinajstić information content (AvgIpc) is 3.07. The van der Waals surface area contributed by atoms with Crippen molar-refractivity contribution in [1.82, 2.24) is 4.31 Å². The van der Waals surface area contributed by atoms with Crippen LogP contribution in [0.3, 0.4) is 0 Å². The molecule has 0 aromatic carbocycles. The van der Waals surface area contributed by atoms with E-state index in [1.54, 1.807) is 0 Å². The number of ether oxygens (including phenoxy) is 3. The first-order chi connectivity index (χ1) is 14.2. The standard InChI is InChI=1S/C14H24N2O13S2/c1-6(17)27-5-9-10(18)11(19)12(20)14(28-9)30(22,23)16-4-7(29-31(15,24)25)3-8(16)13(21)26-2/h7-12,14,18-20H,3-5H2,1-2H3,(H2,15,24,25)/t7-,8+,9+,10-,11-,12-,14+/m1/s1. The number of nitrogens with zero attached hydrogens (tertiary/aromatic N) is 1. The Balaban J connectivity index is 2.34. The molecule has 0 amide bonds. The highest BCUT2D eigenvalue weighted by molar-refractivity contribution is 7.89. The van der Waals surface area contributed by atoms with Crippen molar-refractivity contribution in [2.75, 3.05) is 20.3 Å². The molecule has 0 unspecified atom stereocenters. The van der Waals surface area contributed by atoms with Gasteiger partial charge in [0, 0.05) is 19.9 Å². The van der Waals surface area contributed by atoms with Gasteiger partial charge in [0.05, 0.1) is 13.2 Å². The number of carbonyl (C=O) groups is 2. The van der Waals surface area contributed by atoms with Gasteiger partial charge >= 0.3 is 22.2 Å². The molecular formula is C14H24N2O13S2. The summed E-state index contributed by atoms with van der Waals surface area (Å²) in [7, 11) is -8.31. The summed E-state index contributed by atoms with van der Waals surface area (Å²) in [5.41, 5.74) is -2.20. The summed E-state index contributed by atoms with van der Waals surface area (Å²) in [6, 6.07) is -1.55. The number of aliphatic hydroxyl groups excluding tert-OH is 3. The van der Waals surface area contributed by atoms with Gasteiger partial charge in [0.15, 0.2) is 0 Å². The van der Waals surface area contributed by atoms with Gasteiger partial charge in [-0.15, -0.1) is 0 Å². The highest BCUT2D eigenvalue weighted by Crippen LogP contribution is 2.32. The van der Waals surface area contributed by atoms with E-state index in [0.717, 1.165) is 14.0 Å². The summed E-state index contributed by atoms with van der Waals surface area (Å²) in [6.07, 6.45) is -9.28. The molecule has 2 heterocycles. The van der Waals surface area contributed by atoms with Crippen LogP contribution in [0.15, 0.2) is 0 Å². The van der Waals surface area contributed by atoms with Gasteiger partial charge in [-0.05, 0) is 0 Å². The second-order valence-electron chi connectivity index (χ2n) is 6.92. The van der Waals surface area contributed by atoms with Gasteiger partial charge in [-0.2, -0.15) is 12.7 Å². The van der Waals surface area contributed by atoms with Crippen LogP contribution in [0.1, 0.15) is 13.3 Å². The average molecular weight is 492 g/mol. The third-order valence-electron chi connectivity index (χ3n) is 4.70. The van der Waals surface area contributed by atoms with Crippen molar-refractivity contribution in [3.05, 3.63) is 0 Å². The fourth-order valence-corrected chi connectivity index (χ4v) is 5.78.